The lowest BCUT2D eigenvalue weighted by Crippen LogP contribution is -2.03. The molecule has 0 unspecified atom stereocenters. The second kappa shape index (κ2) is 4.54. The number of fused-ring (bicyclic) bond motifs is 1. The van der Waals surface area contributed by atoms with Gasteiger partial charge in [0.1, 0.15) is 5.01 Å². The fraction of sp³-hybridized carbons (Fsp3) is 0.500. The minimum absolute atomic E-state index is 0.0856. The maximum Gasteiger partial charge on any atom is 0.310 e. The normalized spacial score (nSPS) is 11.1. The van der Waals surface area contributed by atoms with Crippen molar-refractivity contribution in [1.82, 2.24) is 19.8 Å². The first kappa shape index (κ1) is 11.0. The van der Waals surface area contributed by atoms with Crippen molar-refractivity contribution in [2.45, 2.75) is 12.8 Å². The molecule has 16 heavy (non-hydrogen) atoms. The number of carbonyl (C=O) groups is 1. The molecule has 2 aromatic rings. The zero-order chi connectivity index (χ0) is 11.5. The Kier molecular flexibility index (Phi) is 3.11. The molecular weight excluding hydrogens is 232 g/mol. The molecule has 7 nitrogen and oxygen atoms in total. The summed E-state index contributed by atoms with van der Waals surface area (Å²) >= 11 is 1.24. The summed E-state index contributed by atoms with van der Waals surface area (Å²) in [6.07, 6.45) is 0.519. The molecule has 0 saturated carbocycles. The lowest BCUT2D eigenvalue weighted by molar-refractivity contribution is -0.136. The van der Waals surface area contributed by atoms with Gasteiger partial charge in [-0.2, -0.15) is 9.61 Å². The minimum atomic E-state index is -0.900. The standard InChI is InChI=1S/C8H10N4O3S/c1-15-3-2-5-9-10-8-12(5)11-6(16-8)4-7(13)14/h2-4H2,1H3,(H,13,14). The van der Waals surface area contributed by atoms with Crippen molar-refractivity contribution in [3.8, 4) is 0 Å². The van der Waals surface area contributed by atoms with E-state index < -0.39 is 5.97 Å². The largest absolute Gasteiger partial charge is 0.481 e. The number of aliphatic carboxylic acids is 1. The highest BCUT2D eigenvalue weighted by molar-refractivity contribution is 7.16. The monoisotopic (exact) mass is 242 g/mol. The maximum atomic E-state index is 10.5. The van der Waals surface area contributed by atoms with Gasteiger partial charge in [-0.15, -0.1) is 10.2 Å². The molecule has 0 aliphatic heterocycles. The van der Waals surface area contributed by atoms with Crippen LogP contribution < -0.4 is 0 Å². The van der Waals surface area contributed by atoms with Crippen molar-refractivity contribution >= 4 is 22.3 Å². The Hall–Kier alpha value is -1.54. The summed E-state index contributed by atoms with van der Waals surface area (Å²) < 4.78 is 6.51. The summed E-state index contributed by atoms with van der Waals surface area (Å²) in [6.45, 7) is 0.534. The fourth-order valence-electron chi connectivity index (χ4n) is 1.25. The van der Waals surface area contributed by atoms with Crippen LogP contribution in [0.3, 0.4) is 0 Å². The second-order valence-corrected chi connectivity index (χ2v) is 4.16. The SMILES string of the molecule is COCCc1nnc2sc(CC(=O)O)nn12. The lowest BCUT2D eigenvalue weighted by atomic mass is 10.4. The van der Waals surface area contributed by atoms with Gasteiger partial charge in [-0.3, -0.25) is 4.79 Å². The summed E-state index contributed by atoms with van der Waals surface area (Å²) in [6, 6.07) is 0. The molecule has 0 bridgehead atoms. The van der Waals surface area contributed by atoms with Crippen LogP contribution in [0.1, 0.15) is 10.8 Å². The molecule has 0 atom stereocenters. The smallest absolute Gasteiger partial charge is 0.310 e. The third kappa shape index (κ3) is 2.17. The summed E-state index contributed by atoms with van der Waals surface area (Å²) in [4.78, 5) is 11.1. The molecule has 0 aliphatic rings. The highest BCUT2D eigenvalue weighted by Gasteiger charge is 2.13. The highest BCUT2D eigenvalue weighted by atomic mass is 32.1. The van der Waals surface area contributed by atoms with Gasteiger partial charge >= 0.3 is 5.97 Å². The van der Waals surface area contributed by atoms with Gasteiger partial charge < -0.3 is 9.84 Å². The molecule has 0 aromatic carbocycles. The Morgan fingerprint density at radius 2 is 2.38 bits per heavy atom. The van der Waals surface area contributed by atoms with Gasteiger partial charge in [0.25, 0.3) is 0 Å². The Morgan fingerprint density at radius 3 is 3.06 bits per heavy atom. The Balaban J connectivity index is 2.24. The average molecular weight is 242 g/mol. The number of aromatic nitrogens is 4. The first-order valence-electron chi connectivity index (χ1n) is 4.61. The zero-order valence-corrected chi connectivity index (χ0v) is 9.40. The molecule has 0 spiro atoms. The van der Waals surface area contributed by atoms with Crippen LogP contribution in [0.2, 0.25) is 0 Å². The third-order valence-electron chi connectivity index (χ3n) is 1.93. The van der Waals surface area contributed by atoms with Gasteiger partial charge in [0.05, 0.1) is 13.0 Å². The van der Waals surface area contributed by atoms with Crippen LogP contribution in [-0.2, 0) is 22.4 Å². The summed E-state index contributed by atoms with van der Waals surface area (Å²) in [7, 11) is 1.61. The van der Waals surface area contributed by atoms with Gasteiger partial charge in [0.2, 0.25) is 4.96 Å². The number of hydrogen-bond donors (Lipinski definition) is 1. The second-order valence-electron chi connectivity index (χ2n) is 3.12. The van der Waals surface area contributed by atoms with E-state index in [2.05, 4.69) is 15.3 Å². The van der Waals surface area contributed by atoms with E-state index in [0.717, 1.165) is 0 Å². The van der Waals surface area contributed by atoms with Gasteiger partial charge in [-0.25, -0.2) is 0 Å². The molecule has 0 radical (unpaired) electrons. The molecule has 0 saturated heterocycles. The van der Waals surface area contributed by atoms with Crippen molar-refractivity contribution in [3.05, 3.63) is 10.8 Å². The summed E-state index contributed by atoms with van der Waals surface area (Å²) in [5.74, 6) is -0.215. The quantitative estimate of drug-likeness (QED) is 0.793. The van der Waals surface area contributed by atoms with E-state index in [1.807, 2.05) is 0 Å². The van der Waals surface area contributed by atoms with Gasteiger partial charge in [0, 0.05) is 13.5 Å². The molecule has 2 heterocycles. The predicted molar refractivity (Wildman–Crippen MR) is 55.6 cm³/mol. The van der Waals surface area contributed by atoms with E-state index in [4.69, 9.17) is 9.84 Å². The Bertz CT molecular complexity index is 506. The number of carboxylic acid groups (broad SMARTS) is 1. The first-order valence-corrected chi connectivity index (χ1v) is 5.43. The van der Waals surface area contributed by atoms with Gasteiger partial charge in [-0.1, -0.05) is 11.3 Å². The van der Waals surface area contributed by atoms with E-state index in [-0.39, 0.29) is 6.42 Å². The van der Waals surface area contributed by atoms with E-state index >= 15 is 0 Å². The molecule has 8 heteroatoms. The van der Waals surface area contributed by atoms with Crippen molar-refractivity contribution in [2.24, 2.45) is 0 Å². The van der Waals surface area contributed by atoms with Crippen molar-refractivity contribution in [2.75, 3.05) is 13.7 Å². The van der Waals surface area contributed by atoms with Crippen molar-refractivity contribution in [3.63, 3.8) is 0 Å². The number of ether oxygens (including phenoxy) is 1. The van der Waals surface area contributed by atoms with E-state index in [1.54, 1.807) is 11.6 Å². The van der Waals surface area contributed by atoms with Crippen LogP contribution in [0.5, 0.6) is 0 Å². The molecule has 0 fully saturated rings. The Labute approximate surface area is 94.7 Å². The molecular formula is C8H10N4O3S. The Morgan fingerprint density at radius 1 is 1.56 bits per heavy atom. The van der Waals surface area contributed by atoms with Crippen LogP contribution >= 0.6 is 11.3 Å². The zero-order valence-electron chi connectivity index (χ0n) is 8.58. The highest BCUT2D eigenvalue weighted by Crippen LogP contribution is 2.14. The number of rotatable bonds is 5. The van der Waals surface area contributed by atoms with E-state index in [0.29, 0.717) is 28.8 Å². The van der Waals surface area contributed by atoms with Crippen LogP contribution in [0.15, 0.2) is 0 Å². The van der Waals surface area contributed by atoms with E-state index in [1.165, 1.54) is 11.3 Å². The van der Waals surface area contributed by atoms with Crippen LogP contribution in [0.25, 0.3) is 4.96 Å². The first-order chi connectivity index (χ1) is 7.70. The number of nitrogens with zero attached hydrogens (tertiary/aromatic N) is 4. The minimum Gasteiger partial charge on any atom is -0.481 e. The summed E-state index contributed by atoms with van der Waals surface area (Å²) in [5.41, 5.74) is 0. The number of hydrogen-bond acceptors (Lipinski definition) is 6. The topological polar surface area (TPSA) is 89.6 Å². The average Bonchev–Trinajstić information content (AvgIpc) is 2.74. The van der Waals surface area contributed by atoms with Crippen LogP contribution in [0.4, 0.5) is 0 Å². The van der Waals surface area contributed by atoms with Crippen LogP contribution in [0, 0.1) is 0 Å². The summed E-state index contributed by atoms with van der Waals surface area (Å²) in [5, 5.41) is 21.2. The number of methoxy groups -OCH3 is 1. The molecule has 2 rings (SSSR count). The molecule has 1 N–H and O–H groups in total. The fourth-order valence-corrected chi connectivity index (χ4v) is 2.09. The van der Waals surface area contributed by atoms with Crippen LogP contribution in [-0.4, -0.2) is 44.6 Å². The lowest BCUT2D eigenvalue weighted by Gasteiger charge is -1.94. The number of carboxylic acids is 1. The third-order valence-corrected chi connectivity index (χ3v) is 2.83. The molecule has 0 aliphatic carbocycles. The van der Waals surface area contributed by atoms with E-state index in [9.17, 15) is 4.79 Å². The maximum absolute atomic E-state index is 10.5. The molecule has 86 valence electrons. The molecule has 2 aromatic heterocycles. The molecule has 0 amide bonds. The van der Waals surface area contributed by atoms with Crippen molar-refractivity contribution < 1.29 is 14.6 Å². The van der Waals surface area contributed by atoms with Crippen molar-refractivity contribution in [1.29, 1.82) is 0 Å². The van der Waals surface area contributed by atoms with Gasteiger partial charge in [-0.05, 0) is 0 Å². The predicted octanol–water partition coefficient (Wildman–Crippen LogP) is 0.00180. The van der Waals surface area contributed by atoms with Gasteiger partial charge in [0.15, 0.2) is 5.82 Å².